The fraction of sp³-hybridized carbons (Fsp3) is 0.500. The van der Waals surface area contributed by atoms with Crippen molar-refractivity contribution in [3.05, 3.63) is 34.9 Å². The maximum atomic E-state index is 13.0. The van der Waals surface area contributed by atoms with E-state index in [-0.39, 0.29) is 12.5 Å². The minimum Gasteiger partial charge on any atom is -0.344 e. The SMILES string of the molecule is CCC1(c2ccc(Cl)cc2)NC(=O)N(CC(=O)N(C)CC2CC2)C1=O. The Morgan fingerprint density at radius 1 is 1.32 bits per heavy atom. The van der Waals surface area contributed by atoms with Crippen molar-refractivity contribution in [3.8, 4) is 0 Å². The number of nitrogens with zero attached hydrogens (tertiary/aromatic N) is 2. The third-order valence-corrected chi connectivity index (χ3v) is 5.24. The van der Waals surface area contributed by atoms with Crippen LogP contribution in [0.5, 0.6) is 0 Å². The van der Waals surface area contributed by atoms with Gasteiger partial charge < -0.3 is 10.2 Å². The molecule has 4 amide bonds. The first-order chi connectivity index (χ1) is 11.9. The highest BCUT2D eigenvalue weighted by atomic mass is 35.5. The van der Waals surface area contributed by atoms with Gasteiger partial charge in [-0.1, -0.05) is 30.7 Å². The number of rotatable bonds is 6. The molecule has 0 bridgehead atoms. The van der Waals surface area contributed by atoms with Crippen LogP contribution < -0.4 is 5.32 Å². The molecular weight excluding hydrogens is 342 g/mol. The number of benzene rings is 1. The number of nitrogens with one attached hydrogen (secondary N) is 1. The summed E-state index contributed by atoms with van der Waals surface area (Å²) in [6, 6.07) is 6.30. The minimum absolute atomic E-state index is 0.224. The van der Waals surface area contributed by atoms with E-state index in [0.29, 0.717) is 29.5 Å². The zero-order valence-electron chi connectivity index (χ0n) is 14.4. The number of halogens is 1. The lowest BCUT2D eigenvalue weighted by atomic mass is 9.87. The lowest BCUT2D eigenvalue weighted by molar-refractivity contribution is -0.138. The molecule has 25 heavy (non-hydrogen) atoms. The zero-order chi connectivity index (χ0) is 18.2. The molecule has 7 heteroatoms. The molecule has 1 saturated carbocycles. The average Bonchev–Trinajstić information content (AvgIpc) is 3.37. The maximum absolute atomic E-state index is 13.0. The molecule has 1 aliphatic heterocycles. The Hall–Kier alpha value is -2.08. The standard InChI is InChI=1S/C18H22ClN3O3/c1-3-18(13-6-8-14(19)9-7-13)16(24)22(17(25)20-18)11-15(23)21(2)10-12-4-5-12/h6-9,12H,3-5,10-11H2,1-2H3,(H,20,25). The lowest BCUT2D eigenvalue weighted by Gasteiger charge is -2.26. The smallest absolute Gasteiger partial charge is 0.325 e. The fourth-order valence-corrected chi connectivity index (χ4v) is 3.32. The van der Waals surface area contributed by atoms with Crippen molar-refractivity contribution in [1.82, 2.24) is 15.1 Å². The maximum Gasteiger partial charge on any atom is 0.325 e. The van der Waals surface area contributed by atoms with Crippen molar-refractivity contribution in [2.24, 2.45) is 5.92 Å². The third kappa shape index (κ3) is 3.35. The molecule has 1 aromatic rings. The van der Waals surface area contributed by atoms with Gasteiger partial charge in [0.2, 0.25) is 5.91 Å². The van der Waals surface area contributed by atoms with Crippen LogP contribution in [0.1, 0.15) is 31.7 Å². The second kappa shape index (κ2) is 6.67. The number of carbonyl (C=O) groups is 3. The van der Waals surface area contributed by atoms with Gasteiger partial charge in [0.05, 0.1) is 0 Å². The van der Waals surface area contributed by atoms with Crippen LogP contribution in [0.2, 0.25) is 5.02 Å². The van der Waals surface area contributed by atoms with Crippen LogP contribution in [0.15, 0.2) is 24.3 Å². The van der Waals surface area contributed by atoms with Gasteiger partial charge in [0, 0.05) is 18.6 Å². The molecule has 1 N–H and O–H groups in total. The van der Waals surface area contributed by atoms with E-state index in [1.807, 2.05) is 6.92 Å². The summed E-state index contributed by atoms with van der Waals surface area (Å²) in [5.41, 5.74) is -0.476. The summed E-state index contributed by atoms with van der Waals surface area (Å²) in [6.45, 7) is 2.28. The summed E-state index contributed by atoms with van der Waals surface area (Å²) in [5, 5.41) is 3.33. The molecule has 2 fully saturated rings. The molecule has 0 radical (unpaired) electrons. The Morgan fingerprint density at radius 2 is 1.96 bits per heavy atom. The van der Waals surface area contributed by atoms with Crippen LogP contribution >= 0.6 is 11.6 Å². The lowest BCUT2D eigenvalue weighted by Crippen LogP contribution is -2.45. The average molecular weight is 364 g/mol. The molecule has 6 nitrogen and oxygen atoms in total. The van der Waals surface area contributed by atoms with Crippen LogP contribution in [-0.2, 0) is 15.1 Å². The number of urea groups is 1. The monoisotopic (exact) mass is 363 g/mol. The molecule has 2 aliphatic rings. The van der Waals surface area contributed by atoms with E-state index in [1.165, 1.54) is 0 Å². The summed E-state index contributed by atoms with van der Waals surface area (Å²) in [4.78, 5) is 40.4. The summed E-state index contributed by atoms with van der Waals surface area (Å²) < 4.78 is 0. The van der Waals surface area contributed by atoms with Crippen molar-refractivity contribution in [1.29, 1.82) is 0 Å². The van der Waals surface area contributed by atoms with Crippen molar-refractivity contribution < 1.29 is 14.4 Å². The number of hydrogen-bond donors (Lipinski definition) is 1. The van der Waals surface area contributed by atoms with Crippen molar-refractivity contribution in [3.63, 3.8) is 0 Å². The predicted octanol–water partition coefficient (Wildman–Crippen LogP) is 2.37. The Kier molecular flexibility index (Phi) is 4.73. The highest BCUT2D eigenvalue weighted by Crippen LogP contribution is 2.33. The first kappa shape index (κ1) is 17.7. The summed E-state index contributed by atoms with van der Waals surface area (Å²) in [7, 11) is 1.71. The molecule has 3 rings (SSSR count). The highest BCUT2D eigenvalue weighted by Gasteiger charge is 2.51. The van der Waals surface area contributed by atoms with Crippen LogP contribution in [0.25, 0.3) is 0 Å². The molecular formula is C18H22ClN3O3. The second-order valence-corrected chi connectivity index (χ2v) is 7.24. The Labute approximate surface area is 152 Å². The van der Waals surface area contributed by atoms with Crippen molar-refractivity contribution >= 4 is 29.4 Å². The number of carbonyl (C=O) groups excluding carboxylic acids is 3. The second-order valence-electron chi connectivity index (χ2n) is 6.80. The van der Waals surface area contributed by atoms with E-state index in [1.54, 1.807) is 36.2 Å². The molecule has 1 aliphatic carbocycles. The van der Waals surface area contributed by atoms with Gasteiger partial charge in [0.15, 0.2) is 0 Å². The molecule has 1 saturated heterocycles. The van der Waals surface area contributed by atoms with Crippen LogP contribution in [0, 0.1) is 5.92 Å². The molecule has 0 aromatic heterocycles. The minimum atomic E-state index is -1.14. The summed E-state index contributed by atoms with van der Waals surface area (Å²) in [6.07, 6.45) is 2.66. The van der Waals surface area contributed by atoms with Gasteiger partial charge in [-0.15, -0.1) is 0 Å². The number of imide groups is 1. The molecule has 1 aromatic carbocycles. The predicted molar refractivity (Wildman–Crippen MR) is 94.0 cm³/mol. The van der Waals surface area contributed by atoms with E-state index >= 15 is 0 Å². The fourth-order valence-electron chi connectivity index (χ4n) is 3.19. The van der Waals surface area contributed by atoms with Crippen LogP contribution in [0.4, 0.5) is 4.79 Å². The van der Waals surface area contributed by atoms with Gasteiger partial charge >= 0.3 is 6.03 Å². The van der Waals surface area contributed by atoms with Crippen molar-refractivity contribution in [2.75, 3.05) is 20.1 Å². The Bertz CT molecular complexity index is 702. The quantitative estimate of drug-likeness (QED) is 0.789. The molecule has 0 spiro atoms. The normalized spacial score (nSPS) is 22.9. The van der Waals surface area contributed by atoms with Crippen molar-refractivity contribution in [2.45, 2.75) is 31.7 Å². The molecule has 134 valence electrons. The molecule has 1 unspecified atom stereocenters. The van der Waals surface area contributed by atoms with E-state index in [9.17, 15) is 14.4 Å². The molecule has 1 atom stereocenters. The van der Waals surface area contributed by atoms with Gasteiger partial charge in [-0.25, -0.2) is 4.79 Å². The van der Waals surface area contributed by atoms with Crippen LogP contribution in [-0.4, -0.2) is 47.8 Å². The van der Waals surface area contributed by atoms with Gasteiger partial charge in [0.1, 0.15) is 12.1 Å². The van der Waals surface area contributed by atoms with Gasteiger partial charge in [0.25, 0.3) is 5.91 Å². The first-order valence-electron chi connectivity index (χ1n) is 8.51. The first-order valence-corrected chi connectivity index (χ1v) is 8.89. The Morgan fingerprint density at radius 3 is 2.52 bits per heavy atom. The zero-order valence-corrected chi connectivity index (χ0v) is 15.2. The summed E-state index contributed by atoms with van der Waals surface area (Å²) >= 11 is 5.92. The number of hydrogen-bond acceptors (Lipinski definition) is 3. The summed E-state index contributed by atoms with van der Waals surface area (Å²) in [5.74, 6) is -0.0604. The van der Waals surface area contributed by atoms with E-state index in [4.69, 9.17) is 11.6 Å². The third-order valence-electron chi connectivity index (χ3n) is 4.99. The van der Waals surface area contributed by atoms with Gasteiger partial charge in [-0.2, -0.15) is 0 Å². The van der Waals surface area contributed by atoms with E-state index in [2.05, 4.69) is 5.32 Å². The largest absolute Gasteiger partial charge is 0.344 e. The van der Waals surface area contributed by atoms with Gasteiger partial charge in [-0.3, -0.25) is 14.5 Å². The topological polar surface area (TPSA) is 69.7 Å². The Balaban J connectivity index is 1.78. The van der Waals surface area contributed by atoms with E-state index in [0.717, 1.165) is 17.7 Å². The number of likely N-dealkylation sites (N-methyl/N-ethyl adjacent to an activating group) is 1. The van der Waals surface area contributed by atoms with Gasteiger partial charge in [-0.05, 0) is 42.9 Å². The number of amides is 4. The highest BCUT2D eigenvalue weighted by molar-refractivity contribution is 6.30. The van der Waals surface area contributed by atoms with Crippen LogP contribution in [0.3, 0.4) is 0 Å². The molecule has 1 heterocycles. The van der Waals surface area contributed by atoms with E-state index < -0.39 is 17.5 Å².